The van der Waals surface area contributed by atoms with Crippen molar-refractivity contribution in [1.29, 1.82) is 0 Å². The Kier molecular flexibility index (Phi) is 6.02. The van der Waals surface area contributed by atoms with Gasteiger partial charge in [-0.15, -0.1) is 0 Å². The van der Waals surface area contributed by atoms with E-state index in [2.05, 4.69) is 10.6 Å². The third-order valence-corrected chi connectivity index (χ3v) is 4.68. The molecule has 2 N–H and O–H groups in total. The Morgan fingerprint density at radius 1 is 1.08 bits per heavy atom. The lowest BCUT2D eigenvalue weighted by molar-refractivity contribution is -0.136. The fourth-order valence-corrected chi connectivity index (χ4v) is 3.04. The molecular formula is C21H25N3O2. The Balaban J connectivity index is 1.70. The zero-order chi connectivity index (χ0) is 18.4. The van der Waals surface area contributed by atoms with Crippen molar-refractivity contribution in [2.24, 2.45) is 0 Å². The second kappa shape index (κ2) is 8.63. The Morgan fingerprint density at radius 3 is 2.19 bits per heavy atom. The van der Waals surface area contributed by atoms with Crippen LogP contribution in [-0.2, 0) is 22.6 Å². The highest BCUT2D eigenvalue weighted by Gasteiger charge is 2.30. The summed E-state index contributed by atoms with van der Waals surface area (Å²) in [6, 6.07) is 18.9. The molecule has 1 aliphatic heterocycles. The summed E-state index contributed by atoms with van der Waals surface area (Å²) < 4.78 is 0. The number of hydrogen-bond donors (Lipinski definition) is 2. The van der Waals surface area contributed by atoms with E-state index >= 15 is 0 Å². The first-order valence-electron chi connectivity index (χ1n) is 9.00. The van der Waals surface area contributed by atoms with Crippen LogP contribution < -0.4 is 10.6 Å². The van der Waals surface area contributed by atoms with Gasteiger partial charge in [-0.3, -0.25) is 9.59 Å². The summed E-state index contributed by atoms with van der Waals surface area (Å²) in [5, 5.41) is 6.03. The number of amides is 2. The molecule has 2 aromatic rings. The van der Waals surface area contributed by atoms with E-state index < -0.39 is 6.04 Å². The largest absolute Gasteiger partial charge is 0.343 e. The SMILES string of the molecule is CN(Cc1ccccc1)C(=O)[C@H](Cc1ccccc1)NC(=O)[C@@H]1CCN1. The molecule has 0 unspecified atom stereocenters. The fourth-order valence-electron chi connectivity index (χ4n) is 3.04. The van der Waals surface area contributed by atoms with Gasteiger partial charge in [0.25, 0.3) is 0 Å². The van der Waals surface area contributed by atoms with Crippen LogP contribution in [0, 0.1) is 0 Å². The zero-order valence-electron chi connectivity index (χ0n) is 15.0. The molecular weight excluding hydrogens is 326 g/mol. The zero-order valence-corrected chi connectivity index (χ0v) is 15.0. The van der Waals surface area contributed by atoms with E-state index in [1.807, 2.05) is 60.7 Å². The second-order valence-electron chi connectivity index (χ2n) is 6.73. The van der Waals surface area contributed by atoms with E-state index in [9.17, 15) is 9.59 Å². The molecule has 0 spiro atoms. The quantitative estimate of drug-likeness (QED) is 0.799. The molecule has 0 bridgehead atoms. The number of hydrogen-bond acceptors (Lipinski definition) is 3. The van der Waals surface area contributed by atoms with Gasteiger partial charge in [-0.1, -0.05) is 60.7 Å². The van der Waals surface area contributed by atoms with Crippen LogP contribution in [0.15, 0.2) is 60.7 Å². The van der Waals surface area contributed by atoms with Crippen molar-refractivity contribution >= 4 is 11.8 Å². The molecule has 1 saturated heterocycles. The van der Waals surface area contributed by atoms with Crippen LogP contribution in [-0.4, -0.2) is 42.4 Å². The molecule has 0 saturated carbocycles. The van der Waals surface area contributed by atoms with Gasteiger partial charge < -0.3 is 15.5 Å². The van der Waals surface area contributed by atoms with Gasteiger partial charge in [-0.05, 0) is 24.1 Å². The van der Waals surface area contributed by atoms with Crippen molar-refractivity contribution in [3.63, 3.8) is 0 Å². The number of benzene rings is 2. The molecule has 5 heteroatoms. The molecule has 2 aromatic carbocycles. The predicted octanol–water partition coefficient (Wildman–Crippen LogP) is 1.73. The lowest BCUT2D eigenvalue weighted by Crippen LogP contribution is -2.58. The molecule has 136 valence electrons. The van der Waals surface area contributed by atoms with Gasteiger partial charge in [0.15, 0.2) is 0 Å². The fraction of sp³-hybridized carbons (Fsp3) is 0.333. The molecule has 0 radical (unpaired) electrons. The second-order valence-corrected chi connectivity index (χ2v) is 6.73. The van der Waals surface area contributed by atoms with Gasteiger partial charge in [0.1, 0.15) is 6.04 Å². The Labute approximate surface area is 154 Å². The lowest BCUT2D eigenvalue weighted by atomic mass is 10.0. The first kappa shape index (κ1) is 18.1. The highest BCUT2D eigenvalue weighted by atomic mass is 16.2. The molecule has 1 aliphatic rings. The minimum atomic E-state index is -0.569. The Hall–Kier alpha value is -2.66. The molecule has 26 heavy (non-hydrogen) atoms. The monoisotopic (exact) mass is 351 g/mol. The summed E-state index contributed by atoms with van der Waals surface area (Å²) in [4.78, 5) is 27.1. The van der Waals surface area contributed by atoms with E-state index in [-0.39, 0.29) is 17.9 Å². The summed E-state index contributed by atoms with van der Waals surface area (Å²) in [7, 11) is 1.78. The predicted molar refractivity (Wildman–Crippen MR) is 101 cm³/mol. The first-order chi connectivity index (χ1) is 12.6. The molecule has 3 rings (SSSR count). The van der Waals surface area contributed by atoms with E-state index in [0.29, 0.717) is 13.0 Å². The van der Waals surface area contributed by atoms with Crippen molar-refractivity contribution in [2.75, 3.05) is 13.6 Å². The summed E-state index contributed by atoms with van der Waals surface area (Å²) >= 11 is 0. The van der Waals surface area contributed by atoms with Crippen molar-refractivity contribution < 1.29 is 9.59 Å². The average Bonchev–Trinajstić information content (AvgIpc) is 2.60. The number of likely N-dealkylation sites (N-methyl/N-ethyl adjacent to an activating group) is 1. The van der Waals surface area contributed by atoms with Crippen LogP contribution in [0.3, 0.4) is 0 Å². The van der Waals surface area contributed by atoms with Crippen LogP contribution in [0.2, 0.25) is 0 Å². The Bertz CT molecular complexity index is 729. The molecule has 5 nitrogen and oxygen atoms in total. The smallest absolute Gasteiger partial charge is 0.245 e. The van der Waals surface area contributed by atoms with Crippen LogP contribution in [0.5, 0.6) is 0 Å². The maximum Gasteiger partial charge on any atom is 0.245 e. The average molecular weight is 351 g/mol. The van der Waals surface area contributed by atoms with Crippen molar-refractivity contribution in [2.45, 2.75) is 31.5 Å². The van der Waals surface area contributed by atoms with Gasteiger partial charge in [0.2, 0.25) is 11.8 Å². The van der Waals surface area contributed by atoms with Crippen LogP contribution >= 0.6 is 0 Å². The topological polar surface area (TPSA) is 61.4 Å². The normalized spacial score (nSPS) is 17.0. The number of nitrogens with zero attached hydrogens (tertiary/aromatic N) is 1. The summed E-state index contributed by atoms with van der Waals surface area (Å²) in [6.45, 7) is 1.37. The number of nitrogens with one attached hydrogen (secondary N) is 2. The molecule has 1 heterocycles. The van der Waals surface area contributed by atoms with Crippen LogP contribution in [0.4, 0.5) is 0 Å². The summed E-state index contributed by atoms with van der Waals surface area (Å²) in [5.74, 6) is -0.177. The molecule has 1 fully saturated rings. The van der Waals surface area contributed by atoms with Gasteiger partial charge in [0, 0.05) is 20.0 Å². The number of rotatable bonds is 7. The maximum absolute atomic E-state index is 13.0. The van der Waals surface area contributed by atoms with E-state index in [1.54, 1.807) is 11.9 Å². The van der Waals surface area contributed by atoms with E-state index in [0.717, 1.165) is 24.1 Å². The van der Waals surface area contributed by atoms with Gasteiger partial charge in [-0.25, -0.2) is 0 Å². The van der Waals surface area contributed by atoms with Gasteiger partial charge in [0.05, 0.1) is 6.04 Å². The van der Waals surface area contributed by atoms with Crippen molar-refractivity contribution in [3.8, 4) is 0 Å². The minimum Gasteiger partial charge on any atom is -0.343 e. The molecule has 2 amide bonds. The highest BCUT2D eigenvalue weighted by molar-refractivity contribution is 5.90. The Morgan fingerprint density at radius 2 is 1.65 bits per heavy atom. The molecule has 0 aromatic heterocycles. The van der Waals surface area contributed by atoms with E-state index in [1.165, 1.54) is 0 Å². The van der Waals surface area contributed by atoms with Crippen LogP contribution in [0.25, 0.3) is 0 Å². The summed E-state index contributed by atoms with van der Waals surface area (Å²) in [5.41, 5.74) is 2.09. The third kappa shape index (κ3) is 4.70. The first-order valence-corrected chi connectivity index (χ1v) is 9.00. The summed E-state index contributed by atoms with van der Waals surface area (Å²) in [6.07, 6.45) is 1.30. The van der Waals surface area contributed by atoms with Crippen molar-refractivity contribution in [3.05, 3.63) is 71.8 Å². The maximum atomic E-state index is 13.0. The minimum absolute atomic E-state index is 0.0784. The number of carbonyl (C=O) groups excluding carboxylic acids is 2. The lowest BCUT2D eigenvalue weighted by Gasteiger charge is -2.30. The third-order valence-electron chi connectivity index (χ3n) is 4.68. The standard InChI is InChI=1S/C21H25N3O2/c1-24(15-17-10-6-3-7-11-17)21(26)19(14-16-8-4-2-5-9-16)23-20(25)18-12-13-22-18/h2-11,18-19,22H,12-15H2,1H3,(H,23,25)/t18-,19-/m0/s1. The molecule has 2 atom stereocenters. The van der Waals surface area contributed by atoms with Gasteiger partial charge in [-0.2, -0.15) is 0 Å². The van der Waals surface area contributed by atoms with Gasteiger partial charge >= 0.3 is 0 Å². The molecule has 0 aliphatic carbocycles. The highest BCUT2D eigenvalue weighted by Crippen LogP contribution is 2.10. The number of carbonyl (C=O) groups is 2. The van der Waals surface area contributed by atoms with E-state index in [4.69, 9.17) is 0 Å². The van der Waals surface area contributed by atoms with Crippen molar-refractivity contribution in [1.82, 2.24) is 15.5 Å². The van der Waals surface area contributed by atoms with Crippen LogP contribution in [0.1, 0.15) is 17.5 Å².